The highest BCUT2D eigenvalue weighted by Crippen LogP contribution is 2.37. The number of rotatable bonds is 1. The van der Waals surface area contributed by atoms with Crippen molar-refractivity contribution in [1.82, 2.24) is 14.6 Å². The van der Waals surface area contributed by atoms with Crippen LogP contribution in [0.1, 0.15) is 19.3 Å². The molecule has 1 saturated carbocycles. The molecule has 1 saturated heterocycles. The molecule has 3 heterocycles. The van der Waals surface area contributed by atoms with Crippen LogP contribution in [0.4, 0.5) is 5.82 Å². The van der Waals surface area contributed by atoms with E-state index < -0.39 is 0 Å². The lowest BCUT2D eigenvalue weighted by molar-refractivity contribution is 0.271. The van der Waals surface area contributed by atoms with Crippen LogP contribution in [-0.2, 0) is 0 Å². The minimum absolute atomic E-state index is 0.403. The monoisotopic (exact) mass is 257 g/mol. The molecule has 1 aliphatic heterocycles. The molecule has 100 valence electrons. The topological polar surface area (TPSA) is 59.5 Å². The Morgan fingerprint density at radius 3 is 3.00 bits per heavy atom. The molecule has 0 aromatic carbocycles. The van der Waals surface area contributed by atoms with E-state index >= 15 is 0 Å². The largest absolute Gasteiger partial charge is 0.354 e. The van der Waals surface area contributed by atoms with Gasteiger partial charge in [-0.25, -0.2) is 9.50 Å². The molecule has 2 aliphatic rings. The molecule has 0 spiro atoms. The molecule has 0 radical (unpaired) electrons. The van der Waals surface area contributed by atoms with Gasteiger partial charge in [0.25, 0.3) is 0 Å². The first-order valence-corrected chi connectivity index (χ1v) is 7.10. The van der Waals surface area contributed by atoms with E-state index in [-0.39, 0.29) is 0 Å². The number of anilines is 1. The summed E-state index contributed by atoms with van der Waals surface area (Å²) in [5.41, 5.74) is 7.20. The van der Waals surface area contributed by atoms with Gasteiger partial charge in [-0.05, 0) is 37.2 Å². The molecule has 2 aromatic rings. The third-order valence-electron chi connectivity index (χ3n) is 4.69. The number of nitrogens with zero attached hydrogens (tertiary/aromatic N) is 4. The van der Waals surface area contributed by atoms with Crippen LogP contribution in [0.3, 0.4) is 0 Å². The van der Waals surface area contributed by atoms with Crippen molar-refractivity contribution in [3.05, 3.63) is 24.7 Å². The Hall–Kier alpha value is -1.62. The second-order valence-corrected chi connectivity index (χ2v) is 5.91. The highest BCUT2D eigenvalue weighted by atomic mass is 15.3. The Morgan fingerprint density at radius 2 is 2.05 bits per heavy atom. The zero-order valence-corrected chi connectivity index (χ0v) is 10.9. The summed E-state index contributed by atoms with van der Waals surface area (Å²) >= 11 is 0. The van der Waals surface area contributed by atoms with E-state index in [2.05, 4.69) is 15.0 Å². The van der Waals surface area contributed by atoms with Crippen LogP contribution < -0.4 is 10.6 Å². The van der Waals surface area contributed by atoms with Gasteiger partial charge in [0, 0.05) is 31.5 Å². The van der Waals surface area contributed by atoms with Gasteiger partial charge in [-0.2, -0.15) is 5.10 Å². The normalized spacial score (nSPS) is 30.8. The molecule has 5 nitrogen and oxygen atoms in total. The molecular formula is C14H19N5. The van der Waals surface area contributed by atoms with Crippen LogP contribution in [0, 0.1) is 11.8 Å². The van der Waals surface area contributed by atoms with E-state index in [1.807, 2.05) is 29.2 Å². The molecule has 0 bridgehead atoms. The summed E-state index contributed by atoms with van der Waals surface area (Å²) < 4.78 is 1.90. The Morgan fingerprint density at radius 1 is 1.16 bits per heavy atom. The summed E-state index contributed by atoms with van der Waals surface area (Å²) in [7, 11) is 0. The van der Waals surface area contributed by atoms with Gasteiger partial charge >= 0.3 is 0 Å². The van der Waals surface area contributed by atoms with Gasteiger partial charge in [0.1, 0.15) is 5.52 Å². The maximum atomic E-state index is 6.10. The summed E-state index contributed by atoms with van der Waals surface area (Å²) in [4.78, 5) is 6.99. The van der Waals surface area contributed by atoms with Gasteiger partial charge in [0.15, 0.2) is 5.82 Å². The molecule has 5 heteroatoms. The first-order chi connectivity index (χ1) is 9.31. The van der Waals surface area contributed by atoms with E-state index in [1.54, 1.807) is 0 Å². The van der Waals surface area contributed by atoms with Gasteiger partial charge in [-0.15, -0.1) is 0 Å². The number of hydrogen-bond acceptors (Lipinski definition) is 4. The molecular weight excluding hydrogens is 238 g/mol. The maximum Gasteiger partial charge on any atom is 0.154 e. The summed E-state index contributed by atoms with van der Waals surface area (Å²) in [5, 5.41) is 4.28. The van der Waals surface area contributed by atoms with Crippen LogP contribution >= 0.6 is 0 Å². The fourth-order valence-corrected chi connectivity index (χ4v) is 3.73. The van der Waals surface area contributed by atoms with E-state index in [1.165, 1.54) is 19.3 Å². The predicted molar refractivity (Wildman–Crippen MR) is 74.0 cm³/mol. The van der Waals surface area contributed by atoms with Crippen molar-refractivity contribution in [2.24, 2.45) is 17.6 Å². The lowest BCUT2D eigenvalue weighted by Gasteiger charge is -2.27. The van der Waals surface area contributed by atoms with Gasteiger partial charge in [-0.3, -0.25) is 0 Å². The molecule has 2 N–H and O–H groups in total. The summed E-state index contributed by atoms with van der Waals surface area (Å²) in [6, 6.07) is 2.44. The van der Waals surface area contributed by atoms with Gasteiger partial charge in [0.2, 0.25) is 0 Å². The van der Waals surface area contributed by atoms with Crippen molar-refractivity contribution < 1.29 is 0 Å². The van der Waals surface area contributed by atoms with E-state index in [0.29, 0.717) is 6.04 Å². The number of nitrogens with two attached hydrogens (primary N) is 1. The third kappa shape index (κ3) is 1.80. The van der Waals surface area contributed by atoms with E-state index in [9.17, 15) is 0 Å². The number of hydrogen-bond donors (Lipinski definition) is 1. The zero-order valence-electron chi connectivity index (χ0n) is 10.9. The minimum atomic E-state index is 0.403. The Bertz CT molecular complexity index is 592. The molecule has 1 aliphatic carbocycles. The Balaban J connectivity index is 1.65. The van der Waals surface area contributed by atoms with Crippen molar-refractivity contribution in [2.45, 2.75) is 25.3 Å². The maximum absolute atomic E-state index is 6.10. The van der Waals surface area contributed by atoms with Crippen LogP contribution in [0.25, 0.3) is 5.52 Å². The number of aromatic nitrogens is 3. The predicted octanol–water partition coefficient (Wildman–Crippen LogP) is 1.29. The molecule has 0 amide bonds. The van der Waals surface area contributed by atoms with Gasteiger partial charge < -0.3 is 10.6 Å². The average molecular weight is 257 g/mol. The fourth-order valence-electron chi connectivity index (χ4n) is 3.73. The van der Waals surface area contributed by atoms with Crippen molar-refractivity contribution in [2.75, 3.05) is 18.0 Å². The SMILES string of the molecule is NC1CC[C@@H]2CN(c3nccn4nccc34)C[C@@H]2C1. The first-order valence-electron chi connectivity index (χ1n) is 7.10. The van der Waals surface area contributed by atoms with Crippen molar-refractivity contribution in [3.63, 3.8) is 0 Å². The Kier molecular flexibility index (Phi) is 2.48. The van der Waals surface area contributed by atoms with Gasteiger partial charge in [0.05, 0.1) is 6.20 Å². The molecule has 19 heavy (non-hydrogen) atoms. The summed E-state index contributed by atoms with van der Waals surface area (Å²) in [6.07, 6.45) is 9.19. The minimum Gasteiger partial charge on any atom is -0.354 e. The second kappa shape index (κ2) is 4.20. The first kappa shape index (κ1) is 11.2. The molecule has 3 atom stereocenters. The highest BCUT2D eigenvalue weighted by Gasteiger charge is 2.37. The zero-order chi connectivity index (χ0) is 12.8. The van der Waals surface area contributed by atoms with Crippen LogP contribution in [0.15, 0.2) is 24.7 Å². The standard InChI is InChI=1S/C14H19N5/c15-12-2-1-10-8-18(9-11(10)7-12)14-13-3-4-17-19(13)6-5-16-14/h3-6,10-12H,1-2,7-9,15H2/t10-,11+,12?/m1/s1. The van der Waals surface area contributed by atoms with Crippen LogP contribution in [-0.4, -0.2) is 33.7 Å². The lowest BCUT2D eigenvalue weighted by Crippen LogP contribution is -2.32. The quantitative estimate of drug-likeness (QED) is 0.836. The van der Waals surface area contributed by atoms with E-state index in [4.69, 9.17) is 5.73 Å². The Labute approximate surface area is 112 Å². The molecule has 2 fully saturated rings. The highest BCUT2D eigenvalue weighted by molar-refractivity contribution is 5.68. The lowest BCUT2D eigenvalue weighted by atomic mass is 9.79. The van der Waals surface area contributed by atoms with E-state index in [0.717, 1.165) is 36.3 Å². The summed E-state index contributed by atoms with van der Waals surface area (Å²) in [5.74, 6) is 2.61. The smallest absolute Gasteiger partial charge is 0.154 e. The third-order valence-corrected chi connectivity index (χ3v) is 4.69. The second-order valence-electron chi connectivity index (χ2n) is 5.91. The summed E-state index contributed by atoms with van der Waals surface area (Å²) in [6.45, 7) is 2.21. The fraction of sp³-hybridized carbons (Fsp3) is 0.571. The van der Waals surface area contributed by atoms with Crippen molar-refractivity contribution in [3.8, 4) is 0 Å². The van der Waals surface area contributed by atoms with Crippen molar-refractivity contribution >= 4 is 11.3 Å². The molecule has 2 aromatic heterocycles. The van der Waals surface area contributed by atoms with Crippen LogP contribution in [0.2, 0.25) is 0 Å². The average Bonchev–Trinajstić information content (AvgIpc) is 3.03. The molecule has 4 rings (SSSR count). The number of fused-ring (bicyclic) bond motifs is 2. The van der Waals surface area contributed by atoms with Crippen molar-refractivity contribution in [1.29, 1.82) is 0 Å². The van der Waals surface area contributed by atoms with Gasteiger partial charge in [-0.1, -0.05) is 0 Å². The molecule has 1 unspecified atom stereocenters. The van der Waals surface area contributed by atoms with Crippen LogP contribution in [0.5, 0.6) is 0 Å².